The molecule has 16 heavy (non-hydrogen) atoms. The van der Waals surface area contributed by atoms with E-state index in [-0.39, 0.29) is 6.10 Å². The lowest BCUT2D eigenvalue weighted by atomic mass is 10.4. The summed E-state index contributed by atoms with van der Waals surface area (Å²) >= 11 is 0. The average Bonchev–Trinajstić information content (AvgIpc) is 2.25. The fourth-order valence-electron chi connectivity index (χ4n) is 1.19. The molecule has 0 spiro atoms. The van der Waals surface area contributed by atoms with Crippen LogP contribution in [-0.4, -0.2) is 29.3 Å². The first-order valence-corrected chi connectivity index (χ1v) is 5.22. The van der Waals surface area contributed by atoms with Crippen molar-refractivity contribution in [1.82, 2.24) is 9.97 Å². The second-order valence-corrected chi connectivity index (χ2v) is 3.40. The van der Waals surface area contributed by atoms with E-state index in [1.165, 1.54) is 0 Å². The molecule has 0 fully saturated rings. The molecule has 0 aliphatic carbocycles. The van der Waals surface area contributed by atoms with Crippen molar-refractivity contribution in [3.05, 3.63) is 11.8 Å². The van der Waals surface area contributed by atoms with Gasteiger partial charge in [0.2, 0.25) is 11.8 Å². The van der Waals surface area contributed by atoms with Crippen molar-refractivity contribution in [2.24, 2.45) is 5.84 Å². The van der Waals surface area contributed by atoms with Crippen LogP contribution in [0.4, 0.5) is 5.95 Å². The number of hydrogen-bond acceptors (Lipinski definition) is 6. The Morgan fingerprint density at radius 2 is 2.25 bits per heavy atom. The first kappa shape index (κ1) is 12.7. The highest BCUT2D eigenvalue weighted by Crippen LogP contribution is 2.12. The van der Waals surface area contributed by atoms with Crippen LogP contribution in [0.2, 0.25) is 0 Å². The van der Waals surface area contributed by atoms with Gasteiger partial charge in [-0.05, 0) is 20.8 Å². The maximum atomic E-state index is 5.57. The Labute approximate surface area is 95.1 Å². The number of anilines is 1. The third-order valence-corrected chi connectivity index (χ3v) is 1.84. The largest absolute Gasteiger partial charge is 0.472 e. The molecule has 0 bridgehead atoms. The van der Waals surface area contributed by atoms with Gasteiger partial charge in [0.1, 0.15) is 6.10 Å². The van der Waals surface area contributed by atoms with Gasteiger partial charge in [0, 0.05) is 18.4 Å². The van der Waals surface area contributed by atoms with Crippen LogP contribution >= 0.6 is 0 Å². The number of nitrogens with two attached hydrogens (primary N) is 1. The molecule has 1 aromatic heterocycles. The van der Waals surface area contributed by atoms with Gasteiger partial charge in [0.05, 0.1) is 6.61 Å². The molecule has 90 valence electrons. The van der Waals surface area contributed by atoms with Gasteiger partial charge in [-0.3, -0.25) is 5.43 Å². The van der Waals surface area contributed by atoms with Crippen molar-refractivity contribution < 1.29 is 9.47 Å². The summed E-state index contributed by atoms with van der Waals surface area (Å²) in [6.07, 6.45) is -0.0557. The smallest absolute Gasteiger partial charge is 0.240 e. The second kappa shape index (κ2) is 6.24. The van der Waals surface area contributed by atoms with Gasteiger partial charge in [0.15, 0.2) is 0 Å². The number of hydrazine groups is 1. The van der Waals surface area contributed by atoms with Gasteiger partial charge < -0.3 is 9.47 Å². The highest BCUT2D eigenvalue weighted by molar-refractivity contribution is 5.28. The van der Waals surface area contributed by atoms with Crippen molar-refractivity contribution in [3.63, 3.8) is 0 Å². The van der Waals surface area contributed by atoms with Gasteiger partial charge in [0.25, 0.3) is 0 Å². The average molecular weight is 226 g/mol. The maximum absolute atomic E-state index is 5.57. The normalized spacial score (nSPS) is 12.2. The third-order valence-electron chi connectivity index (χ3n) is 1.84. The molecule has 6 heteroatoms. The molecule has 0 radical (unpaired) electrons. The number of nitrogens with zero attached hydrogens (tertiary/aromatic N) is 2. The highest BCUT2D eigenvalue weighted by atomic mass is 16.5. The fraction of sp³-hybridized carbons (Fsp3) is 0.600. The Kier molecular flexibility index (Phi) is 4.94. The molecule has 1 heterocycles. The molecule has 1 atom stereocenters. The van der Waals surface area contributed by atoms with Crippen LogP contribution in [0.15, 0.2) is 6.07 Å². The lowest BCUT2D eigenvalue weighted by Crippen LogP contribution is -2.20. The molecule has 1 rings (SSSR count). The summed E-state index contributed by atoms with van der Waals surface area (Å²) in [5, 5.41) is 0. The molecule has 0 aliphatic heterocycles. The van der Waals surface area contributed by atoms with Crippen LogP contribution in [0.25, 0.3) is 0 Å². The van der Waals surface area contributed by atoms with Crippen LogP contribution in [0.5, 0.6) is 5.88 Å². The molecule has 1 unspecified atom stereocenters. The monoisotopic (exact) mass is 226 g/mol. The van der Waals surface area contributed by atoms with Crippen LogP contribution in [-0.2, 0) is 4.74 Å². The minimum Gasteiger partial charge on any atom is -0.472 e. The summed E-state index contributed by atoms with van der Waals surface area (Å²) in [6.45, 7) is 6.92. The van der Waals surface area contributed by atoms with Crippen LogP contribution in [0.3, 0.4) is 0 Å². The van der Waals surface area contributed by atoms with E-state index in [4.69, 9.17) is 15.3 Å². The summed E-state index contributed by atoms with van der Waals surface area (Å²) < 4.78 is 10.8. The lowest BCUT2D eigenvalue weighted by Gasteiger charge is -2.14. The van der Waals surface area contributed by atoms with Crippen molar-refractivity contribution in [2.45, 2.75) is 26.9 Å². The summed E-state index contributed by atoms with van der Waals surface area (Å²) in [7, 11) is 0. The van der Waals surface area contributed by atoms with Gasteiger partial charge in [-0.2, -0.15) is 4.98 Å². The summed E-state index contributed by atoms with van der Waals surface area (Å²) in [5.41, 5.74) is 3.18. The molecule has 0 amide bonds. The number of rotatable bonds is 6. The van der Waals surface area contributed by atoms with Gasteiger partial charge in [-0.1, -0.05) is 0 Å². The predicted molar refractivity (Wildman–Crippen MR) is 61.2 cm³/mol. The predicted octanol–water partition coefficient (Wildman–Crippen LogP) is 0.874. The quantitative estimate of drug-likeness (QED) is 0.553. The Morgan fingerprint density at radius 1 is 1.50 bits per heavy atom. The summed E-state index contributed by atoms with van der Waals surface area (Å²) in [6, 6.07) is 1.75. The van der Waals surface area contributed by atoms with E-state index in [1.807, 2.05) is 20.8 Å². The lowest BCUT2D eigenvalue weighted by molar-refractivity contribution is 0.0633. The van der Waals surface area contributed by atoms with E-state index < -0.39 is 0 Å². The van der Waals surface area contributed by atoms with E-state index in [9.17, 15) is 0 Å². The molecular weight excluding hydrogens is 208 g/mol. The van der Waals surface area contributed by atoms with E-state index in [2.05, 4.69) is 15.4 Å². The highest BCUT2D eigenvalue weighted by Gasteiger charge is 2.07. The Balaban J connectivity index is 2.61. The fourth-order valence-corrected chi connectivity index (χ4v) is 1.19. The molecular formula is C10H18N4O2. The van der Waals surface area contributed by atoms with Gasteiger partial charge >= 0.3 is 0 Å². The zero-order valence-corrected chi connectivity index (χ0v) is 9.86. The van der Waals surface area contributed by atoms with Gasteiger partial charge in [-0.15, -0.1) is 0 Å². The Hall–Kier alpha value is -1.40. The molecule has 6 nitrogen and oxygen atoms in total. The Morgan fingerprint density at radius 3 is 2.88 bits per heavy atom. The number of ether oxygens (including phenoxy) is 2. The standard InChI is InChI=1S/C10H18N4O2/c1-4-15-6-8(3)16-9-5-7(2)12-10(13-9)14-11/h5,8H,4,6,11H2,1-3H3,(H,12,13,14). The zero-order valence-electron chi connectivity index (χ0n) is 9.86. The van der Waals surface area contributed by atoms with Crippen LogP contribution in [0, 0.1) is 6.92 Å². The van der Waals surface area contributed by atoms with Crippen molar-refractivity contribution >= 4 is 5.95 Å². The number of aromatic nitrogens is 2. The molecule has 0 aromatic carbocycles. The first-order chi connectivity index (χ1) is 7.65. The third kappa shape index (κ3) is 4.00. The van der Waals surface area contributed by atoms with Gasteiger partial charge in [-0.25, -0.2) is 10.8 Å². The number of hydrogen-bond donors (Lipinski definition) is 2. The SMILES string of the molecule is CCOCC(C)Oc1cc(C)nc(NN)n1. The maximum Gasteiger partial charge on any atom is 0.240 e. The molecule has 0 saturated heterocycles. The molecule has 1 aromatic rings. The molecule has 3 N–H and O–H groups in total. The molecule has 0 saturated carbocycles. The summed E-state index contributed by atoms with van der Waals surface area (Å²) in [5.74, 6) is 6.08. The second-order valence-electron chi connectivity index (χ2n) is 3.40. The number of aryl methyl sites for hydroxylation is 1. The number of nitrogens with one attached hydrogen (secondary N) is 1. The number of nitrogen functional groups attached to an aromatic ring is 1. The van der Waals surface area contributed by atoms with Crippen LogP contribution < -0.4 is 16.0 Å². The van der Waals surface area contributed by atoms with E-state index >= 15 is 0 Å². The van der Waals surface area contributed by atoms with Crippen molar-refractivity contribution in [1.29, 1.82) is 0 Å². The molecule has 0 aliphatic rings. The summed E-state index contributed by atoms with van der Waals surface area (Å²) in [4.78, 5) is 8.14. The first-order valence-electron chi connectivity index (χ1n) is 5.22. The van der Waals surface area contributed by atoms with E-state index in [1.54, 1.807) is 6.07 Å². The van der Waals surface area contributed by atoms with Crippen molar-refractivity contribution in [3.8, 4) is 5.88 Å². The van der Waals surface area contributed by atoms with E-state index in [0.29, 0.717) is 25.0 Å². The minimum absolute atomic E-state index is 0.0557. The topological polar surface area (TPSA) is 82.3 Å². The van der Waals surface area contributed by atoms with Crippen LogP contribution in [0.1, 0.15) is 19.5 Å². The van der Waals surface area contributed by atoms with Crippen molar-refractivity contribution in [2.75, 3.05) is 18.6 Å². The zero-order chi connectivity index (χ0) is 12.0. The Bertz CT molecular complexity index is 333. The minimum atomic E-state index is -0.0557. The van der Waals surface area contributed by atoms with E-state index in [0.717, 1.165) is 5.69 Å².